The molecule has 6 heteroatoms. The van der Waals surface area contributed by atoms with E-state index >= 15 is 0 Å². The zero-order valence-corrected chi connectivity index (χ0v) is 9.84. The number of nitrogen functional groups attached to an aromatic ring is 2. The van der Waals surface area contributed by atoms with Gasteiger partial charge in [-0.1, -0.05) is 0 Å². The van der Waals surface area contributed by atoms with Gasteiger partial charge in [-0.05, 0) is 18.2 Å². The molecule has 0 heterocycles. The highest BCUT2D eigenvalue weighted by atomic mass is 32.2. The summed E-state index contributed by atoms with van der Waals surface area (Å²) in [6.45, 7) is 0.372. The highest BCUT2D eigenvalue weighted by molar-refractivity contribution is 7.84. The molecule has 0 aliphatic heterocycles. The molecule has 16 heavy (non-hydrogen) atoms. The number of carbonyl (C=O) groups excluding carboxylic acids is 1. The van der Waals surface area contributed by atoms with Gasteiger partial charge in [-0.15, -0.1) is 0 Å². The molecule has 88 valence electrons. The van der Waals surface area contributed by atoms with E-state index in [2.05, 4.69) is 5.32 Å². The van der Waals surface area contributed by atoms with Crippen molar-refractivity contribution in [3.63, 3.8) is 0 Å². The van der Waals surface area contributed by atoms with Crippen molar-refractivity contribution >= 4 is 28.1 Å². The monoisotopic (exact) mass is 241 g/mol. The molecule has 1 atom stereocenters. The van der Waals surface area contributed by atoms with Crippen LogP contribution in [0.1, 0.15) is 10.4 Å². The first kappa shape index (κ1) is 12.5. The number of rotatable bonds is 4. The van der Waals surface area contributed by atoms with Gasteiger partial charge in [0.2, 0.25) is 0 Å². The molecule has 5 N–H and O–H groups in total. The molecule has 1 amide bonds. The summed E-state index contributed by atoms with van der Waals surface area (Å²) >= 11 is 0. The van der Waals surface area contributed by atoms with Crippen molar-refractivity contribution in [2.45, 2.75) is 0 Å². The van der Waals surface area contributed by atoms with E-state index in [9.17, 15) is 9.00 Å². The fraction of sp³-hybridized carbons (Fsp3) is 0.300. The maximum absolute atomic E-state index is 11.6. The van der Waals surface area contributed by atoms with Crippen molar-refractivity contribution in [1.82, 2.24) is 5.32 Å². The van der Waals surface area contributed by atoms with Crippen LogP contribution in [-0.2, 0) is 10.8 Å². The molecule has 1 unspecified atom stereocenters. The second kappa shape index (κ2) is 5.50. The van der Waals surface area contributed by atoms with Gasteiger partial charge in [0.15, 0.2) is 0 Å². The molecule has 0 bridgehead atoms. The van der Waals surface area contributed by atoms with Crippen molar-refractivity contribution < 1.29 is 9.00 Å². The van der Waals surface area contributed by atoms with Gasteiger partial charge in [-0.3, -0.25) is 9.00 Å². The number of nitrogens with two attached hydrogens (primary N) is 2. The predicted octanol–water partition coefficient (Wildman–Crippen LogP) is -0.0407. The number of carbonyl (C=O) groups is 1. The summed E-state index contributed by atoms with van der Waals surface area (Å²) < 4.78 is 10.8. The summed E-state index contributed by atoms with van der Waals surface area (Å²) in [5.74, 6) is 0.174. The molecule has 0 spiro atoms. The van der Waals surface area contributed by atoms with Crippen molar-refractivity contribution in [2.75, 3.05) is 30.0 Å². The molecular weight excluding hydrogens is 226 g/mol. The number of hydrogen-bond donors (Lipinski definition) is 3. The predicted molar refractivity (Wildman–Crippen MR) is 66.5 cm³/mol. The van der Waals surface area contributed by atoms with Crippen molar-refractivity contribution in [2.24, 2.45) is 0 Å². The number of anilines is 2. The Morgan fingerprint density at radius 1 is 1.31 bits per heavy atom. The molecular formula is C10H15N3O2S. The Kier molecular flexibility index (Phi) is 4.30. The minimum absolute atomic E-state index is 0.260. The van der Waals surface area contributed by atoms with Crippen LogP contribution in [0.25, 0.3) is 0 Å². The lowest BCUT2D eigenvalue weighted by atomic mass is 10.1. The summed E-state index contributed by atoms with van der Waals surface area (Å²) in [4.78, 5) is 11.6. The first-order valence-corrected chi connectivity index (χ1v) is 6.46. The second-order valence-electron chi connectivity index (χ2n) is 3.42. The Hall–Kier alpha value is -1.56. The number of hydrogen-bond acceptors (Lipinski definition) is 4. The first-order valence-electron chi connectivity index (χ1n) is 4.73. The van der Waals surface area contributed by atoms with Gasteiger partial charge in [0.1, 0.15) is 0 Å². The Balaban J connectivity index is 2.62. The van der Waals surface area contributed by atoms with Gasteiger partial charge in [0.25, 0.3) is 5.91 Å². The van der Waals surface area contributed by atoms with Crippen LogP contribution in [0.15, 0.2) is 18.2 Å². The molecule has 1 aromatic rings. The molecule has 1 aromatic carbocycles. The van der Waals surface area contributed by atoms with E-state index in [1.165, 1.54) is 0 Å². The third kappa shape index (κ3) is 3.90. The van der Waals surface area contributed by atoms with Gasteiger partial charge in [0, 0.05) is 46.3 Å². The van der Waals surface area contributed by atoms with E-state index < -0.39 is 10.8 Å². The van der Waals surface area contributed by atoms with Crippen LogP contribution < -0.4 is 16.8 Å². The summed E-state index contributed by atoms with van der Waals surface area (Å²) in [5.41, 5.74) is 12.4. The molecule has 0 aromatic heterocycles. The smallest absolute Gasteiger partial charge is 0.251 e. The fourth-order valence-corrected chi connectivity index (χ4v) is 1.61. The van der Waals surface area contributed by atoms with Gasteiger partial charge in [-0.25, -0.2) is 0 Å². The van der Waals surface area contributed by atoms with E-state index in [-0.39, 0.29) is 5.91 Å². The molecule has 5 nitrogen and oxygen atoms in total. The molecule has 1 rings (SSSR count). The molecule has 0 fully saturated rings. The average molecular weight is 241 g/mol. The summed E-state index contributed by atoms with van der Waals surface area (Å²) in [7, 11) is -0.911. The highest BCUT2D eigenvalue weighted by Gasteiger charge is 2.06. The normalized spacial score (nSPS) is 12.1. The molecule has 0 aliphatic rings. The molecule has 0 radical (unpaired) electrons. The van der Waals surface area contributed by atoms with Crippen LogP contribution >= 0.6 is 0 Å². The number of nitrogens with one attached hydrogen (secondary N) is 1. The van der Waals surface area contributed by atoms with E-state index in [4.69, 9.17) is 11.5 Å². The van der Waals surface area contributed by atoms with Crippen LogP contribution in [0.4, 0.5) is 11.4 Å². The first-order chi connectivity index (χ1) is 7.49. The van der Waals surface area contributed by atoms with Crippen molar-refractivity contribution in [3.8, 4) is 0 Å². The minimum Gasteiger partial charge on any atom is -0.399 e. The third-order valence-corrected chi connectivity index (χ3v) is 2.69. The quantitative estimate of drug-likeness (QED) is 0.644. The van der Waals surface area contributed by atoms with Gasteiger partial charge in [0.05, 0.1) is 0 Å². The van der Waals surface area contributed by atoms with Gasteiger partial charge < -0.3 is 16.8 Å². The lowest BCUT2D eigenvalue weighted by Crippen LogP contribution is -2.27. The topological polar surface area (TPSA) is 98.2 Å². The van der Waals surface area contributed by atoms with E-state index in [0.29, 0.717) is 29.2 Å². The van der Waals surface area contributed by atoms with Crippen LogP contribution in [-0.4, -0.2) is 28.7 Å². The van der Waals surface area contributed by atoms with Gasteiger partial charge >= 0.3 is 0 Å². The lowest BCUT2D eigenvalue weighted by molar-refractivity contribution is 0.0956. The largest absolute Gasteiger partial charge is 0.399 e. The summed E-state index contributed by atoms with van der Waals surface area (Å²) in [6, 6.07) is 4.68. The van der Waals surface area contributed by atoms with E-state index in [0.717, 1.165) is 0 Å². The Morgan fingerprint density at radius 2 is 1.88 bits per heavy atom. The molecule has 0 saturated carbocycles. The van der Waals surface area contributed by atoms with Crippen LogP contribution in [0.2, 0.25) is 0 Å². The third-order valence-electron chi connectivity index (χ3n) is 1.91. The minimum atomic E-state index is -0.911. The van der Waals surface area contributed by atoms with Gasteiger partial charge in [-0.2, -0.15) is 0 Å². The summed E-state index contributed by atoms with van der Waals surface area (Å²) in [6.07, 6.45) is 1.59. The van der Waals surface area contributed by atoms with Crippen LogP contribution in [0.5, 0.6) is 0 Å². The lowest BCUT2D eigenvalue weighted by Gasteiger charge is -2.06. The van der Waals surface area contributed by atoms with E-state index in [1.54, 1.807) is 24.5 Å². The standard InChI is InChI=1S/C10H15N3O2S/c1-16(15)3-2-13-10(14)7-4-8(11)6-9(12)5-7/h4-6H,2-3,11-12H2,1H3,(H,13,14). The second-order valence-corrected chi connectivity index (χ2v) is 4.98. The molecule has 0 aliphatic carbocycles. The van der Waals surface area contributed by atoms with Crippen LogP contribution in [0.3, 0.4) is 0 Å². The summed E-state index contributed by atoms with van der Waals surface area (Å²) in [5, 5.41) is 2.64. The number of amides is 1. The fourth-order valence-electron chi connectivity index (χ4n) is 1.22. The van der Waals surface area contributed by atoms with Crippen LogP contribution in [0, 0.1) is 0 Å². The Morgan fingerprint density at radius 3 is 2.38 bits per heavy atom. The average Bonchev–Trinajstić information content (AvgIpc) is 2.15. The number of benzene rings is 1. The Labute approximate surface area is 96.7 Å². The zero-order chi connectivity index (χ0) is 12.1. The van der Waals surface area contributed by atoms with Crippen molar-refractivity contribution in [3.05, 3.63) is 23.8 Å². The maximum atomic E-state index is 11.6. The molecule has 0 saturated heterocycles. The maximum Gasteiger partial charge on any atom is 0.251 e. The van der Waals surface area contributed by atoms with Crippen molar-refractivity contribution in [1.29, 1.82) is 0 Å². The highest BCUT2D eigenvalue weighted by Crippen LogP contribution is 2.13. The van der Waals surface area contributed by atoms with E-state index in [1.807, 2.05) is 0 Å². The Bertz CT molecular complexity index is 400. The zero-order valence-electron chi connectivity index (χ0n) is 9.03. The SMILES string of the molecule is CS(=O)CCNC(=O)c1cc(N)cc(N)c1.